The first kappa shape index (κ1) is 22.1. The molecular formula is C23H28ClN3O3. The Bertz CT molecular complexity index is 916. The molecular weight excluding hydrogens is 402 g/mol. The van der Waals surface area contributed by atoms with E-state index in [-0.39, 0.29) is 18.4 Å². The number of carboxylic acids is 1. The third-order valence-electron chi connectivity index (χ3n) is 5.86. The standard InChI is InChI=1S/C23H27N3O3.ClH/c1-16(22(27)28)14-17-2-5-20(6-3-17)25-12-13-26(23(25)29)21-7-4-18-8-10-24-11-9-19(18)15-21;/h2-7,15-16,24H,8-14H2,1H3,(H,27,28);1H. The summed E-state index contributed by atoms with van der Waals surface area (Å²) in [6, 6.07) is 14.0. The van der Waals surface area contributed by atoms with Gasteiger partial charge in [0.1, 0.15) is 0 Å². The van der Waals surface area contributed by atoms with E-state index in [9.17, 15) is 9.59 Å². The van der Waals surface area contributed by atoms with Gasteiger partial charge in [0.05, 0.1) is 5.92 Å². The van der Waals surface area contributed by atoms with Crippen LogP contribution in [0.3, 0.4) is 0 Å². The molecule has 0 aliphatic carbocycles. The number of fused-ring (bicyclic) bond motifs is 1. The van der Waals surface area contributed by atoms with E-state index in [0.29, 0.717) is 19.5 Å². The zero-order valence-electron chi connectivity index (χ0n) is 17.1. The zero-order valence-corrected chi connectivity index (χ0v) is 18.0. The molecule has 1 saturated heterocycles. The number of nitrogens with zero attached hydrogens (tertiary/aromatic N) is 2. The van der Waals surface area contributed by atoms with Crippen molar-refractivity contribution < 1.29 is 14.7 Å². The molecule has 160 valence electrons. The Morgan fingerprint density at radius 1 is 1.00 bits per heavy atom. The summed E-state index contributed by atoms with van der Waals surface area (Å²) in [6.45, 7) is 4.98. The Kier molecular flexibility index (Phi) is 7.00. The van der Waals surface area contributed by atoms with Gasteiger partial charge >= 0.3 is 12.0 Å². The number of amides is 2. The van der Waals surface area contributed by atoms with Gasteiger partial charge in [0.15, 0.2) is 0 Å². The van der Waals surface area contributed by atoms with E-state index in [2.05, 4.69) is 23.5 Å². The first-order valence-corrected chi connectivity index (χ1v) is 10.3. The van der Waals surface area contributed by atoms with Crippen LogP contribution in [0.2, 0.25) is 0 Å². The summed E-state index contributed by atoms with van der Waals surface area (Å²) in [4.78, 5) is 27.7. The van der Waals surface area contributed by atoms with Crippen molar-refractivity contribution in [2.75, 3.05) is 36.0 Å². The molecule has 0 radical (unpaired) electrons. The highest BCUT2D eigenvalue weighted by atomic mass is 35.5. The smallest absolute Gasteiger partial charge is 0.329 e. The fourth-order valence-corrected chi connectivity index (χ4v) is 4.10. The van der Waals surface area contributed by atoms with E-state index >= 15 is 0 Å². The second-order valence-corrected chi connectivity index (χ2v) is 7.90. The second kappa shape index (κ2) is 9.49. The Balaban J connectivity index is 0.00000256. The molecule has 1 fully saturated rings. The maximum atomic E-state index is 13.1. The Morgan fingerprint density at radius 3 is 2.27 bits per heavy atom. The molecule has 2 aromatic carbocycles. The first-order chi connectivity index (χ1) is 14.0. The van der Waals surface area contributed by atoms with Gasteiger partial charge in [-0.2, -0.15) is 0 Å². The van der Waals surface area contributed by atoms with Crippen molar-refractivity contribution in [3.63, 3.8) is 0 Å². The number of aliphatic carboxylic acids is 1. The van der Waals surface area contributed by atoms with Gasteiger partial charge in [-0.1, -0.05) is 25.1 Å². The van der Waals surface area contributed by atoms with E-state index in [1.807, 2.05) is 29.2 Å². The number of urea groups is 1. The number of carbonyl (C=O) groups excluding carboxylic acids is 1. The van der Waals surface area contributed by atoms with Crippen LogP contribution in [0.25, 0.3) is 0 Å². The molecule has 0 aromatic heterocycles. The molecule has 0 spiro atoms. The summed E-state index contributed by atoms with van der Waals surface area (Å²) in [7, 11) is 0. The molecule has 2 amide bonds. The molecule has 30 heavy (non-hydrogen) atoms. The molecule has 1 unspecified atom stereocenters. The molecule has 0 bridgehead atoms. The van der Waals surface area contributed by atoms with Crippen LogP contribution in [0.1, 0.15) is 23.6 Å². The van der Waals surface area contributed by atoms with Crippen molar-refractivity contribution in [2.45, 2.75) is 26.2 Å². The molecule has 2 heterocycles. The van der Waals surface area contributed by atoms with E-state index < -0.39 is 11.9 Å². The topological polar surface area (TPSA) is 72.9 Å². The summed E-state index contributed by atoms with van der Waals surface area (Å²) in [5.74, 6) is -1.22. The van der Waals surface area contributed by atoms with Gasteiger partial charge in [-0.3, -0.25) is 14.6 Å². The third kappa shape index (κ3) is 4.60. The fraction of sp³-hybridized carbons (Fsp3) is 0.391. The zero-order chi connectivity index (χ0) is 20.4. The van der Waals surface area contributed by atoms with Crippen molar-refractivity contribution >= 4 is 35.8 Å². The summed E-state index contributed by atoms with van der Waals surface area (Å²) in [5, 5.41) is 12.5. The number of rotatable bonds is 5. The van der Waals surface area contributed by atoms with Gasteiger partial charge in [-0.15, -0.1) is 12.4 Å². The van der Waals surface area contributed by atoms with Gasteiger partial charge in [-0.25, -0.2) is 4.79 Å². The van der Waals surface area contributed by atoms with Gasteiger partial charge in [0, 0.05) is 24.5 Å². The summed E-state index contributed by atoms with van der Waals surface area (Å²) in [6.07, 6.45) is 2.51. The van der Waals surface area contributed by atoms with Crippen LogP contribution in [-0.4, -0.2) is 43.3 Å². The Labute approximate surface area is 183 Å². The number of carbonyl (C=O) groups is 2. The molecule has 2 aromatic rings. The summed E-state index contributed by atoms with van der Waals surface area (Å²) in [5.41, 5.74) is 5.48. The maximum absolute atomic E-state index is 13.1. The van der Waals surface area contributed by atoms with Crippen LogP contribution >= 0.6 is 12.4 Å². The van der Waals surface area contributed by atoms with Crippen LogP contribution in [0, 0.1) is 5.92 Å². The average Bonchev–Trinajstić information content (AvgIpc) is 2.95. The molecule has 4 rings (SSSR count). The van der Waals surface area contributed by atoms with Crippen LogP contribution in [0.4, 0.5) is 16.2 Å². The van der Waals surface area contributed by atoms with Crippen molar-refractivity contribution in [2.24, 2.45) is 5.92 Å². The van der Waals surface area contributed by atoms with Crippen molar-refractivity contribution in [3.05, 3.63) is 59.2 Å². The van der Waals surface area contributed by atoms with E-state index in [1.165, 1.54) is 11.1 Å². The summed E-state index contributed by atoms with van der Waals surface area (Å²) < 4.78 is 0. The molecule has 7 heteroatoms. The number of carboxylic acid groups (broad SMARTS) is 1. The van der Waals surface area contributed by atoms with Crippen LogP contribution < -0.4 is 15.1 Å². The largest absolute Gasteiger partial charge is 0.481 e. The minimum Gasteiger partial charge on any atom is -0.481 e. The van der Waals surface area contributed by atoms with Crippen molar-refractivity contribution in [1.29, 1.82) is 0 Å². The number of anilines is 2. The van der Waals surface area contributed by atoms with Gasteiger partial charge in [0.25, 0.3) is 0 Å². The molecule has 2 aliphatic heterocycles. The van der Waals surface area contributed by atoms with Crippen molar-refractivity contribution in [1.82, 2.24) is 5.32 Å². The first-order valence-electron chi connectivity index (χ1n) is 10.3. The number of hydrogen-bond acceptors (Lipinski definition) is 3. The van der Waals surface area contributed by atoms with E-state index in [4.69, 9.17) is 5.11 Å². The van der Waals surface area contributed by atoms with Crippen LogP contribution in [-0.2, 0) is 24.1 Å². The normalized spacial score (nSPS) is 17.2. The number of halogens is 1. The van der Waals surface area contributed by atoms with E-state index in [0.717, 1.165) is 42.9 Å². The lowest BCUT2D eigenvalue weighted by Crippen LogP contribution is -2.31. The number of hydrogen-bond donors (Lipinski definition) is 2. The number of nitrogens with one attached hydrogen (secondary N) is 1. The third-order valence-corrected chi connectivity index (χ3v) is 5.86. The molecule has 2 aliphatic rings. The van der Waals surface area contributed by atoms with Crippen LogP contribution in [0.15, 0.2) is 42.5 Å². The Morgan fingerprint density at radius 2 is 1.60 bits per heavy atom. The molecule has 6 nitrogen and oxygen atoms in total. The predicted molar refractivity (Wildman–Crippen MR) is 121 cm³/mol. The van der Waals surface area contributed by atoms with E-state index in [1.54, 1.807) is 11.8 Å². The Hall–Kier alpha value is -2.57. The molecule has 2 N–H and O–H groups in total. The predicted octanol–water partition coefficient (Wildman–Crippen LogP) is 3.51. The quantitative estimate of drug-likeness (QED) is 0.762. The highest BCUT2D eigenvalue weighted by Gasteiger charge is 2.31. The average molecular weight is 430 g/mol. The highest BCUT2D eigenvalue weighted by Crippen LogP contribution is 2.28. The van der Waals surface area contributed by atoms with Gasteiger partial charge < -0.3 is 10.4 Å². The van der Waals surface area contributed by atoms with Crippen molar-refractivity contribution in [3.8, 4) is 0 Å². The lowest BCUT2D eigenvalue weighted by atomic mass is 10.0. The lowest BCUT2D eigenvalue weighted by Gasteiger charge is -2.20. The molecule has 1 atom stereocenters. The monoisotopic (exact) mass is 429 g/mol. The second-order valence-electron chi connectivity index (χ2n) is 7.90. The van der Waals surface area contributed by atoms with Crippen LogP contribution in [0.5, 0.6) is 0 Å². The lowest BCUT2D eigenvalue weighted by molar-refractivity contribution is -0.141. The molecule has 0 saturated carbocycles. The SMILES string of the molecule is CC(Cc1ccc(N2CCN(c3ccc4c(c3)CCNCC4)C2=O)cc1)C(=O)O.Cl. The minimum absolute atomic E-state index is 0. The van der Waals surface area contributed by atoms with Gasteiger partial charge in [-0.05, 0) is 73.3 Å². The minimum atomic E-state index is -0.795. The number of benzene rings is 2. The fourth-order valence-electron chi connectivity index (χ4n) is 4.10. The summed E-state index contributed by atoms with van der Waals surface area (Å²) >= 11 is 0. The highest BCUT2D eigenvalue weighted by molar-refractivity contribution is 6.06. The maximum Gasteiger partial charge on any atom is 0.329 e. The van der Waals surface area contributed by atoms with Gasteiger partial charge in [0.2, 0.25) is 0 Å².